The van der Waals surface area contributed by atoms with Crippen LogP contribution in [0.15, 0.2) is 48.5 Å². The predicted octanol–water partition coefficient (Wildman–Crippen LogP) is 2.79. The number of hydrogen-bond acceptors (Lipinski definition) is 3. The Bertz CT molecular complexity index is 712. The largest absolute Gasteiger partial charge is 0.348 e. The van der Waals surface area contributed by atoms with Crippen LogP contribution in [0.25, 0.3) is 0 Å². The molecule has 0 fully saturated rings. The molecule has 2 aromatic rings. The summed E-state index contributed by atoms with van der Waals surface area (Å²) in [7, 11) is 0. The smallest absolute Gasteiger partial charge is 0.319 e. The molecule has 6 heteroatoms. The topological polar surface area (TPSA) is 96.2 Å². The van der Waals surface area contributed by atoms with Crippen LogP contribution in [0.3, 0.4) is 0 Å². The number of carbonyl (C=O) groups is 2. The van der Waals surface area contributed by atoms with E-state index in [1.807, 2.05) is 55.5 Å². The molecule has 2 rings (SSSR count). The van der Waals surface area contributed by atoms with E-state index in [1.165, 1.54) is 0 Å². The van der Waals surface area contributed by atoms with Crippen molar-refractivity contribution in [1.29, 1.82) is 0 Å². The van der Waals surface area contributed by atoms with E-state index in [9.17, 15) is 9.59 Å². The number of nitrogens with two attached hydrogens (primary N) is 1. The molecule has 0 atom stereocenters. The van der Waals surface area contributed by atoms with Gasteiger partial charge in [-0.05, 0) is 56.1 Å². The molecule has 6 nitrogen and oxygen atoms in total. The van der Waals surface area contributed by atoms with Crippen LogP contribution in [0.5, 0.6) is 0 Å². The van der Waals surface area contributed by atoms with Gasteiger partial charge in [-0.1, -0.05) is 29.8 Å². The van der Waals surface area contributed by atoms with E-state index in [2.05, 4.69) is 16.0 Å². The molecule has 0 spiro atoms. The normalized spacial score (nSPS) is 10.2. The number of amides is 3. The molecule has 0 unspecified atom stereocenters. The van der Waals surface area contributed by atoms with E-state index in [-0.39, 0.29) is 11.9 Å². The Labute approximate surface area is 154 Å². The second-order valence-electron chi connectivity index (χ2n) is 6.12. The lowest BCUT2D eigenvalue weighted by atomic mass is 10.1. The molecular formula is C20H26N4O2. The Morgan fingerprint density at radius 2 is 1.62 bits per heavy atom. The van der Waals surface area contributed by atoms with Gasteiger partial charge in [-0.2, -0.15) is 0 Å². The molecule has 2 aromatic carbocycles. The summed E-state index contributed by atoms with van der Waals surface area (Å²) in [5, 5.41) is 8.44. The van der Waals surface area contributed by atoms with Crippen molar-refractivity contribution in [2.75, 3.05) is 18.4 Å². The van der Waals surface area contributed by atoms with Gasteiger partial charge in [0.1, 0.15) is 0 Å². The van der Waals surface area contributed by atoms with Gasteiger partial charge in [0, 0.05) is 24.3 Å². The molecule has 0 bridgehead atoms. The van der Waals surface area contributed by atoms with Gasteiger partial charge in [0.05, 0.1) is 0 Å². The summed E-state index contributed by atoms with van der Waals surface area (Å²) in [6.07, 6.45) is 1.76. The van der Waals surface area contributed by atoms with E-state index in [1.54, 1.807) is 0 Å². The number of nitrogens with one attached hydrogen (secondary N) is 3. The number of anilines is 1. The minimum atomic E-state index is -0.234. The average Bonchev–Trinajstić information content (AvgIpc) is 2.65. The molecule has 0 saturated heterocycles. The van der Waals surface area contributed by atoms with Gasteiger partial charge in [-0.15, -0.1) is 0 Å². The maximum Gasteiger partial charge on any atom is 0.319 e. The molecule has 26 heavy (non-hydrogen) atoms. The first kappa shape index (κ1) is 19.5. The number of urea groups is 1. The molecule has 0 heterocycles. The molecule has 0 radical (unpaired) electrons. The third-order valence-electron chi connectivity index (χ3n) is 3.90. The molecule has 0 aliphatic rings. The second kappa shape index (κ2) is 10.2. The fraction of sp³-hybridized carbons (Fsp3) is 0.300. The highest BCUT2D eigenvalue weighted by Crippen LogP contribution is 2.10. The van der Waals surface area contributed by atoms with Gasteiger partial charge in [0.15, 0.2) is 0 Å². The molecule has 138 valence electrons. The summed E-state index contributed by atoms with van der Waals surface area (Å²) in [6, 6.07) is 14.6. The van der Waals surface area contributed by atoms with Crippen LogP contribution < -0.4 is 21.7 Å². The van der Waals surface area contributed by atoms with Crippen LogP contribution in [0.1, 0.15) is 34.3 Å². The summed E-state index contributed by atoms with van der Waals surface area (Å²) in [6.45, 7) is 3.65. The van der Waals surface area contributed by atoms with Crippen molar-refractivity contribution in [3.63, 3.8) is 0 Å². The standard InChI is InChI=1S/C20H26N4O2/c1-15-4-8-17(9-5-15)19(25)23-14-16-6-10-18(11-7-16)24-20(26)22-13-3-2-12-21/h4-11H,2-3,12-14,21H2,1H3,(H,23,25)(H2,22,24,26). The minimum Gasteiger partial charge on any atom is -0.348 e. The van der Waals surface area contributed by atoms with E-state index >= 15 is 0 Å². The van der Waals surface area contributed by atoms with Crippen LogP contribution >= 0.6 is 0 Å². The van der Waals surface area contributed by atoms with E-state index in [0.717, 1.165) is 24.0 Å². The zero-order valence-electron chi connectivity index (χ0n) is 15.0. The van der Waals surface area contributed by atoms with Crippen molar-refractivity contribution in [3.05, 3.63) is 65.2 Å². The first-order chi connectivity index (χ1) is 12.6. The van der Waals surface area contributed by atoms with Crippen LogP contribution in [0.4, 0.5) is 10.5 Å². The maximum absolute atomic E-state index is 12.1. The predicted molar refractivity (Wildman–Crippen MR) is 104 cm³/mol. The molecule has 0 aliphatic heterocycles. The lowest BCUT2D eigenvalue weighted by Gasteiger charge is -2.09. The number of benzene rings is 2. The van der Waals surface area contributed by atoms with Crippen LogP contribution in [0.2, 0.25) is 0 Å². The third-order valence-corrected chi connectivity index (χ3v) is 3.90. The van der Waals surface area contributed by atoms with Gasteiger partial charge in [-0.3, -0.25) is 4.79 Å². The Balaban J connectivity index is 1.77. The van der Waals surface area contributed by atoms with E-state index in [0.29, 0.717) is 30.9 Å². The second-order valence-corrected chi connectivity index (χ2v) is 6.12. The lowest BCUT2D eigenvalue weighted by Crippen LogP contribution is -2.29. The highest BCUT2D eigenvalue weighted by atomic mass is 16.2. The van der Waals surface area contributed by atoms with Crippen LogP contribution in [0, 0.1) is 6.92 Å². The van der Waals surface area contributed by atoms with E-state index in [4.69, 9.17) is 5.73 Å². The Morgan fingerprint density at radius 1 is 0.923 bits per heavy atom. The average molecular weight is 354 g/mol. The summed E-state index contributed by atoms with van der Waals surface area (Å²) >= 11 is 0. The Morgan fingerprint density at radius 3 is 2.27 bits per heavy atom. The van der Waals surface area contributed by atoms with Crippen molar-refractivity contribution >= 4 is 17.6 Å². The first-order valence-electron chi connectivity index (χ1n) is 8.77. The fourth-order valence-corrected chi connectivity index (χ4v) is 2.34. The number of aryl methyl sites for hydroxylation is 1. The van der Waals surface area contributed by atoms with Crippen molar-refractivity contribution in [3.8, 4) is 0 Å². The minimum absolute atomic E-state index is 0.107. The van der Waals surface area contributed by atoms with Gasteiger partial charge in [0.2, 0.25) is 0 Å². The monoisotopic (exact) mass is 354 g/mol. The summed E-state index contributed by atoms with van der Waals surface area (Å²) in [5.41, 5.74) is 8.83. The van der Waals surface area contributed by atoms with Gasteiger partial charge in [-0.25, -0.2) is 4.79 Å². The van der Waals surface area contributed by atoms with Crippen molar-refractivity contribution in [2.45, 2.75) is 26.3 Å². The highest BCUT2D eigenvalue weighted by Gasteiger charge is 2.05. The van der Waals surface area contributed by atoms with Crippen molar-refractivity contribution < 1.29 is 9.59 Å². The van der Waals surface area contributed by atoms with Gasteiger partial charge < -0.3 is 21.7 Å². The molecular weight excluding hydrogens is 328 g/mol. The van der Waals surface area contributed by atoms with E-state index < -0.39 is 0 Å². The molecule has 0 aromatic heterocycles. The molecule has 0 saturated carbocycles. The van der Waals surface area contributed by atoms with Crippen molar-refractivity contribution in [2.24, 2.45) is 5.73 Å². The number of carbonyl (C=O) groups excluding carboxylic acids is 2. The van der Waals surface area contributed by atoms with Crippen LogP contribution in [-0.4, -0.2) is 25.0 Å². The van der Waals surface area contributed by atoms with Crippen molar-refractivity contribution in [1.82, 2.24) is 10.6 Å². The fourth-order valence-electron chi connectivity index (χ4n) is 2.34. The lowest BCUT2D eigenvalue weighted by molar-refractivity contribution is 0.0951. The summed E-state index contributed by atoms with van der Waals surface area (Å²) in [4.78, 5) is 23.9. The summed E-state index contributed by atoms with van der Waals surface area (Å²) < 4.78 is 0. The molecule has 0 aliphatic carbocycles. The summed E-state index contributed by atoms with van der Waals surface area (Å²) in [5.74, 6) is -0.107. The highest BCUT2D eigenvalue weighted by molar-refractivity contribution is 5.94. The van der Waals surface area contributed by atoms with Gasteiger partial charge in [0.25, 0.3) is 5.91 Å². The quantitative estimate of drug-likeness (QED) is 0.549. The zero-order valence-corrected chi connectivity index (χ0v) is 15.0. The maximum atomic E-state index is 12.1. The number of unbranched alkanes of at least 4 members (excludes halogenated alkanes) is 1. The SMILES string of the molecule is Cc1ccc(C(=O)NCc2ccc(NC(=O)NCCCCN)cc2)cc1. The third kappa shape index (κ3) is 6.57. The molecule has 5 N–H and O–H groups in total. The van der Waals surface area contributed by atoms with Crippen LogP contribution in [-0.2, 0) is 6.54 Å². The number of hydrogen-bond donors (Lipinski definition) is 4. The Hall–Kier alpha value is -2.86. The Kier molecular flexibility index (Phi) is 7.64. The zero-order chi connectivity index (χ0) is 18.8. The molecule has 3 amide bonds. The van der Waals surface area contributed by atoms with Gasteiger partial charge >= 0.3 is 6.03 Å². The first-order valence-corrected chi connectivity index (χ1v) is 8.77. The number of rotatable bonds is 8.